The van der Waals surface area contributed by atoms with E-state index in [0.717, 1.165) is 19.4 Å². The summed E-state index contributed by atoms with van der Waals surface area (Å²) < 4.78 is 1.76. The molecule has 2 aromatic heterocycles. The average Bonchev–Trinajstić information content (AvgIpc) is 2.90. The first-order valence-corrected chi connectivity index (χ1v) is 7.01. The highest BCUT2D eigenvalue weighted by molar-refractivity contribution is 5.93. The minimum absolute atomic E-state index is 0.0440. The van der Waals surface area contributed by atoms with Crippen molar-refractivity contribution in [2.24, 2.45) is 11.7 Å². The molecule has 3 heterocycles. The number of hydrogen-bond acceptors (Lipinski definition) is 4. The summed E-state index contributed by atoms with van der Waals surface area (Å²) in [5, 5.41) is 0. The Labute approximate surface area is 117 Å². The second-order valence-electron chi connectivity index (χ2n) is 5.37. The second kappa shape index (κ2) is 5.20. The van der Waals surface area contributed by atoms with Crippen LogP contribution in [0.25, 0.3) is 5.78 Å². The summed E-state index contributed by atoms with van der Waals surface area (Å²) >= 11 is 0. The van der Waals surface area contributed by atoms with Gasteiger partial charge in [0.2, 0.25) is 5.78 Å². The third kappa shape index (κ3) is 2.16. The predicted octanol–water partition coefficient (Wildman–Crippen LogP) is 0.929. The number of rotatable bonds is 2. The molecule has 20 heavy (non-hydrogen) atoms. The maximum atomic E-state index is 12.7. The number of piperidine rings is 1. The number of amides is 1. The maximum Gasteiger partial charge on any atom is 0.274 e. The Kier molecular flexibility index (Phi) is 3.40. The normalized spacial score (nSPS) is 23.2. The third-order valence-corrected chi connectivity index (χ3v) is 4.07. The minimum atomic E-state index is -0.0440. The van der Waals surface area contributed by atoms with Gasteiger partial charge in [0.1, 0.15) is 5.69 Å². The van der Waals surface area contributed by atoms with E-state index in [1.54, 1.807) is 16.8 Å². The molecule has 1 amide bonds. The monoisotopic (exact) mass is 273 g/mol. The number of nitrogens with two attached hydrogens (primary N) is 1. The lowest BCUT2D eigenvalue weighted by Crippen LogP contribution is -2.51. The quantitative estimate of drug-likeness (QED) is 0.883. The standard InChI is InChI=1S/C14H19N5O/c1-10-4-2-7-19(12(10)8-15)13(20)11-9-18-6-3-5-16-14(18)17-11/h3,5-6,9-10,12H,2,4,7-8,15H2,1H3/t10-,12-/m0/s1. The molecular weight excluding hydrogens is 254 g/mol. The molecular formula is C14H19N5O. The molecule has 1 aliphatic heterocycles. The van der Waals surface area contributed by atoms with Crippen LogP contribution in [0.15, 0.2) is 24.7 Å². The minimum Gasteiger partial charge on any atom is -0.333 e. The van der Waals surface area contributed by atoms with Crippen molar-refractivity contribution in [2.75, 3.05) is 13.1 Å². The molecule has 106 valence electrons. The molecule has 0 spiro atoms. The van der Waals surface area contributed by atoms with Gasteiger partial charge in [-0.2, -0.15) is 0 Å². The number of hydrogen-bond donors (Lipinski definition) is 1. The first-order chi connectivity index (χ1) is 9.70. The second-order valence-corrected chi connectivity index (χ2v) is 5.37. The highest BCUT2D eigenvalue weighted by atomic mass is 16.2. The first-order valence-electron chi connectivity index (χ1n) is 7.01. The van der Waals surface area contributed by atoms with Crippen LogP contribution in [0.4, 0.5) is 0 Å². The van der Waals surface area contributed by atoms with Gasteiger partial charge in [0.15, 0.2) is 0 Å². The number of aromatic nitrogens is 3. The Bertz CT molecular complexity index is 590. The van der Waals surface area contributed by atoms with Crippen LogP contribution >= 0.6 is 0 Å². The smallest absolute Gasteiger partial charge is 0.274 e. The van der Waals surface area contributed by atoms with E-state index in [0.29, 0.717) is 23.9 Å². The first kappa shape index (κ1) is 13.1. The number of carbonyl (C=O) groups excluding carboxylic acids is 1. The molecule has 6 nitrogen and oxygen atoms in total. The Hall–Kier alpha value is -1.95. The largest absolute Gasteiger partial charge is 0.333 e. The van der Waals surface area contributed by atoms with Crippen molar-refractivity contribution in [2.45, 2.75) is 25.8 Å². The highest BCUT2D eigenvalue weighted by Crippen LogP contribution is 2.24. The van der Waals surface area contributed by atoms with Gasteiger partial charge in [-0.05, 0) is 24.8 Å². The molecule has 0 unspecified atom stereocenters. The van der Waals surface area contributed by atoms with Crippen molar-refractivity contribution in [1.82, 2.24) is 19.3 Å². The fourth-order valence-electron chi connectivity index (χ4n) is 2.94. The van der Waals surface area contributed by atoms with E-state index in [-0.39, 0.29) is 11.9 Å². The Morgan fingerprint density at radius 1 is 1.55 bits per heavy atom. The van der Waals surface area contributed by atoms with E-state index >= 15 is 0 Å². The van der Waals surface area contributed by atoms with Crippen LogP contribution in [-0.4, -0.2) is 44.3 Å². The predicted molar refractivity (Wildman–Crippen MR) is 75.3 cm³/mol. The third-order valence-electron chi connectivity index (χ3n) is 4.07. The van der Waals surface area contributed by atoms with Crippen LogP contribution in [-0.2, 0) is 0 Å². The molecule has 1 fully saturated rings. The molecule has 0 bridgehead atoms. The van der Waals surface area contributed by atoms with Crippen LogP contribution in [0.5, 0.6) is 0 Å². The zero-order valence-corrected chi connectivity index (χ0v) is 11.6. The average molecular weight is 273 g/mol. The molecule has 2 aromatic rings. The molecule has 0 saturated carbocycles. The number of likely N-dealkylation sites (tertiary alicyclic amines) is 1. The van der Waals surface area contributed by atoms with E-state index in [9.17, 15) is 4.79 Å². The fraction of sp³-hybridized carbons (Fsp3) is 0.500. The number of imidazole rings is 1. The van der Waals surface area contributed by atoms with Gasteiger partial charge in [0.25, 0.3) is 5.91 Å². The molecule has 0 radical (unpaired) electrons. The van der Waals surface area contributed by atoms with Gasteiger partial charge in [0.05, 0.1) is 0 Å². The summed E-state index contributed by atoms with van der Waals surface area (Å²) in [4.78, 5) is 23.0. The summed E-state index contributed by atoms with van der Waals surface area (Å²) in [6.45, 7) is 3.41. The Balaban J connectivity index is 1.90. The van der Waals surface area contributed by atoms with Gasteiger partial charge >= 0.3 is 0 Å². The molecule has 6 heteroatoms. The van der Waals surface area contributed by atoms with E-state index < -0.39 is 0 Å². The van der Waals surface area contributed by atoms with Crippen LogP contribution < -0.4 is 5.73 Å². The zero-order valence-electron chi connectivity index (χ0n) is 11.6. The van der Waals surface area contributed by atoms with Gasteiger partial charge in [-0.25, -0.2) is 9.97 Å². The van der Waals surface area contributed by atoms with E-state index in [1.165, 1.54) is 0 Å². The van der Waals surface area contributed by atoms with Crippen molar-refractivity contribution >= 4 is 11.7 Å². The number of nitrogens with zero attached hydrogens (tertiary/aromatic N) is 4. The van der Waals surface area contributed by atoms with Gasteiger partial charge < -0.3 is 10.6 Å². The van der Waals surface area contributed by atoms with Crippen molar-refractivity contribution in [3.05, 3.63) is 30.4 Å². The van der Waals surface area contributed by atoms with Gasteiger partial charge in [-0.3, -0.25) is 9.20 Å². The Morgan fingerprint density at radius 2 is 2.40 bits per heavy atom. The van der Waals surface area contributed by atoms with Crippen molar-refractivity contribution in [3.8, 4) is 0 Å². The molecule has 0 aliphatic carbocycles. The van der Waals surface area contributed by atoms with Crippen molar-refractivity contribution in [3.63, 3.8) is 0 Å². The maximum absolute atomic E-state index is 12.7. The van der Waals surface area contributed by atoms with Crippen LogP contribution in [0.3, 0.4) is 0 Å². The molecule has 1 saturated heterocycles. The van der Waals surface area contributed by atoms with E-state index in [2.05, 4.69) is 16.9 Å². The number of carbonyl (C=O) groups is 1. The lowest BCUT2D eigenvalue weighted by molar-refractivity contribution is 0.0527. The molecule has 2 N–H and O–H groups in total. The summed E-state index contributed by atoms with van der Waals surface area (Å²) in [5.41, 5.74) is 6.28. The SMILES string of the molecule is C[C@H]1CCCN(C(=O)c2cn3cccnc3n2)[C@H]1CN. The lowest BCUT2D eigenvalue weighted by atomic mass is 9.90. The van der Waals surface area contributed by atoms with Gasteiger partial charge in [-0.15, -0.1) is 0 Å². The summed E-state index contributed by atoms with van der Waals surface area (Å²) in [6.07, 6.45) is 7.39. The lowest BCUT2D eigenvalue weighted by Gasteiger charge is -2.39. The zero-order chi connectivity index (χ0) is 14.1. The molecule has 2 atom stereocenters. The summed E-state index contributed by atoms with van der Waals surface area (Å²) in [5.74, 6) is 0.940. The number of fused-ring (bicyclic) bond motifs is 1. The topological polar surface area (TPSA) is 76.5 Å². The van der Waals surface area contributed by atoms with Gasteiger partial charge in [0, 0.05) is 37.7 Å². The van der Waals surface area contributed by atoms with Crippen LogP contribution in [0.2, 0.25) is 0 Å². The molecule has 0 aromatic carbocycles. The Morgan fingerprint density at radius 3 is 3.15 bits per heavy atom. The van der Waals surface area contributed by atoms with Crippen LogP contribution in [0, 0.1) is 5.92 Å². The van der Waals surface area contributed by atoms with E-state index in [1.807, 2.05) is 17.2 Å². The summed E-state index contributed by atoms with van der Waals surface area (Å²) in [7, 11) is 0. The van der Waals surface area contributed by atoms with Crippen molar-refractivity contribution in [1.29, 1.82) is 0 Å². The summed E-state index contributed by atoms with van der Waals surface area (Å²) in [6, 6.07) is 1.92. The van der Waals surface area contributed by atoms with Crippen LogP contribution in [0.1, 0.15) is 30.3 Å². The molecule has 1 aliphatic rings. The van der Waals surface area contributed by atoms with Crippen molar-refractivity contribution < 1.29 is 4.79 Å². The highest BCUT2D eigenvalue weighted by Gasteiger charge is 2.32. The van der Waals surface area contributed by atoms with Gasteiger partial charge in [-0.1, -0.05) is 6.92 Å². The van der Waals surface area contributed by atoms with E-state index in [4.69, 9.17) is 5.73 Å². The molecule has 3 rings (SSSR count). The fourth-order valence-corrected chi connectivity index (χ4v) is 2.94.